The Balaban J connectivity index is 1.17. The Morgan fingerprint density at radius 3 is 2.55 bits per heavy atom. The second-order valence-electron chi connectivity index (χ2n) is 13.2. The van der Waals surface area contributed by atoms with Crippen LogP contribution in [0.25, 0.3) is 11.0 Å². The molecule has 2 aliphatic heterocycles. The van der Waals surface area contributed by atoms with Crippen LogP contribution in [-0.4, -0.2) is 92.3 Å². The van der Waals surface area contributed by atoms with Crippen LogP contribution >= 0.6 is 0 Å². The van der Waals surface area contributed by atoms with Crippen molar-refractivity contribution in [1.29, 1.82) is 0 Å². The first-order valence-electron chi connectivity index (χ1n) is 15.2. The normalized spacial score (nSPS) is 20.8. The number of hydrogen-bond donors (Lipinski definition) is 1. The Hall–Kier alpha value is -4.42. The molecule has 2 saturated heterocycles. The Kier molecular flexibility index (Phi) is 7.58. The Bertz CT molecular complexity index is 1570. The molecule has 3 fully saturated rings. The predicted octanol–water partition coefficient (Wildman–Crippen LogP) is 5.11. The van der Waals surface area contributed by atoms with Gasteiger partial charge in [0, 0.05) is 38.3 Å². The van der Waals surface area contributed by atoms with Gasteiger partial charge in [-0.2, -0.15) is 4.98 Å². The first-order chi connectivity index (χ1) is 20.9. The fourth-order valence-electron chi connectivity index (χ4n) is 6.34. The number of piperidine rings is 1. The highest BCUT2D eigenvalue weighted by atomic mass is 16.6. The van der Waals surface area contributed by atoms with Gasteiger partial charge in [-0.05, 0) is 64.7 Å². The number of ether oxygens (including phenoxy) is 2. The van der Waals surface area contributed by atoms with Crippen molar-refractivity contribution in [3.63, 3.8) is 0 Å². The standard InChI is InChI=1S/C31H40N8O5/c1-30(2,3)43-28(41)37-14-8-13-31(18-37)19-38(29(42)44-31)22-11-12-24(32-17-22)34-27-33-16-20-15-23(26(40)36(4)5)39(25(20)35-27)21-9-6-7-10-21/h11-12,15-17,21H,6-10,13-14,18-19H2,1-5H3,(H,32,33,34,35). The van der Waals surface area contributed by atoms with Gasteiger partial charge in [0.05, 0.1) is 25.0 Å². The molecule has 1 unspecified atom stereocenters. The monoisotopic (exact) mass is 604 g/mol. The number of carbonyl (C=O) groups excluding carboxylic acids is 3. The molecule has 1 atom stereocenters. The second kappa shape index (κ2) is 11.3. The van der Waals surface area contributed by atoms with Gasteiger partial charge >= 0.3 is 12.2 Å². The Morgan fingerprint density at radius 1 is 1.09 bits per heavy atom. The van der Waals surface area contributed by atoms with Crippen molar-refractivity contribution in [2.45, 2.75) is 76.5 Å². The molecule has 3 amide bonds. The summed E-state index contributed by atoms with van der Waals surface area (Å²) in [7, 11) is 3.50. The third kappa shape index (κ3) is 5.87. The zero-order valence-corrected chi connectivity index (χ0v) is 26.0. The molecule has 1 saturated carbocycles. The van der Waals surface area contributed by atoms with Crippen molar-refractivity contribution in [1.82, 2.24) is 29.3 Å². The first-order valence-corrected chi connectivity index (χ1v) is 15.2. The average molecular weight is 605 g/mol. The number of aromatic nitrogens is 4. The molecule has 3 aromatic rings. The number of carbonyl (C=O) groups is 3. The molecule has 234 valence electrons. The smallest absolute Gasteiger partial charge is 0.415 e. The molecule has 0 radical (unpaired) electrons. The van der Waals surface area contributed by atoms with Crippen molar-refractivity contribution in [3.8, 4) is 0 Å². The highest BCUT2D eigenvalue weighted by Crippen LogP contribution is 2.36. The number of pyridine rings is 1. The Labute approximate surface area is 256 Å². The molecule has 44 heavy (non-hydrogen) atoms. The highest BCUT2D eigenvalue weighted by Gasteiger charge is 2.49. The number of anilines is 3. The zero-order chi connectivity index (χ0) is 31.2. The van der Waals surface area contributed by atoms with Crippen molar-refractivity contribution in [3.05, 3.63) is 36.3 Å². The molecule has 3 aliphatic rings. The molecule has 3 aromatic heterocycles. The summed E-state index contributed by atoms with van der Waals surface area (Å²) in [5.74, 6) is 0.810. The fraction of sp³-hybridized carbons (Fsp3) is 0.548. The molecule has 5 heterocycles. The summed E-state index contributed by atoms with van der Waals surface area (Å²) >= 11 is 0. The molecule has 13 heteroatoms. The van der Waals surface area contributed by atoms with E-state index in [2.05, 4.69) is 19.9 Å². The molecule has 1 aliphatic carbocycles. The fourth-order valence-corrected chi connectivity index (χ4v) is 6.34. The molecule has 1 spiro atoms. The molecule has 6 rings (SSSR count). The van der Waals surface area contributed by atoms with Gasteiger partial charge in [0.2, 0.25) is 5.95 Å². The van der Waals surface area contributed by atoms with Crippen molar-refractivity contribution < 1.29 is 23.9 Å². The summed E-state index contributed by atoms with van der Waals surface area (Å²) in [4.78, 5) is 57.2. The van der Waals surface area contributed by atoms with E-state index in [9.17, 15) is 14.4 Å². The van der Waals surface area contributed by atoms with E-state index in [-0.39, 0.29) is 18.5 Å². The number of nitrogens with one attached hydrogen (secondary N) is 1. The zero-order valence-electron chi connectivity index (χ0n) is 26.0. The number of amides is 3. The first kappa shape index (κ1) is 29.6. The second-order valence-corrected chi connectivity index (χ2v) is 13.2. The molecular weight excluding hydrogens is 564 g/mol. The topological polar surface area (TPSA) is 135 Å². The number of hydrogen-bond acceptors (Lipinski definition) is 9. The maximum Gasteiger partial charge on any atom is 0.415 e. The van der Waals surface area contributed by atoms with Crippen LogP contribution < -0.4 is 10.2 Å². The lowest BCUT2D eigenvalue weighted by Crippen LogP contribution is -2.53. The van der Waals surface area contributed by atoms with Crippen LogP contribution in [0.4, 0.5) is 27.0 Å². The minimum absolute atomic E-state index is 0.0605. The summed E-state index contributed by atoms with van der Waals surface area (Å²) in [6.45, 7) is 6.64. The predicted molar refractivity (Wildman–Crippen MR) is 164 cm³/mol. The van der Waals surface area contributed by atoms with Crippen LogP contribution in [-0.2, 0) is 9.47 Å². The highest BCUT2D eigenvalue weighted by molar-refractivity contribution is 5.98. The van der Waals surface area contributed by atoms with Gasteiger partial charge in [-0.1, -0.05) is 12.8 Å². The summed E-state index contributed by atoms with van der Waals surface area (Å²) in [6.07, 6.45) is 8.08. The average Bonchev–Trinajstić information content (AvgIpc) is 3.70. The molecular formula is C31H40N8O5. The van der Waals surface area contributed by atoms with E-state index in [1.807, 2.05) is 26.8 Å². The van der Waals surface area contributed by atoms with E-state index in [4.69, 9.17) is 14.5 Å². The van der Waals surface area contributed by atoms with Crippen molar-refractivity contribution >= 4 is 46.6 Å². The quantitative estimate of drug-likeness (QED) is 0.421. The SMILES string of the molecule is CN(C)C(=O)c1cc2cnc(Nc3ccc(N4CC5(CCCN(C(=O)OC(C)(C)C)C5)OC4=O)cn3)nc2n1C1CCCC1. The van der Waals surface area contributed by atoms with Crippen molar-refractivity contribution in [2.24, 2.45) is 0 Å². The maximum absolute atomic E-state index is 13.0. The van der Waals surface area contributed by atoms with E-state index < -0.39 is 23.4 Å². The number of rotatable bonds is 5. The van der Waals surface area contributed by atoms with E-state index >= 15 is 0 Å². The van der Waals surface area contributed by atoms with Gasteiger partial charge in [0.1, 0.15) is 28.4 Å². The third-order valence-corrected chi connectivity index (χ3v) is 8.35. The number of fused-ring (bicyclic) bond motifs is 1. The van der Waals surface area contributed by atoms with Crippen LogP contribution in [0.3, 0.4) is 0 Å². The van der Waals surface area contributed by atoms with Gasteiger partial charge in [0.25, 0.3) is 5.91 Å². The lowest BCUT2D eigenvalue weighted by Gasteiger charge is -2.38. The third-order valence-electron chi connectivity index (χ3n) is 8.35. The summed E-state index contributed by atoms with van der Waals surface area (Å²) < 4.78 is 13.5. The number of nitrogens with zero attached hydrogens (tertiary/aromatic N) is 7. The number of likely N-dealkylation sites (tertiary alicyclic amines) is 1. The minimum Gasteiger partial charge on any atom is -0.444 e. The van der Waals surface area contributed by atoms with E-state index in [1.165, 1.54) is 0 Å². The van der Waals surface area contributed by atoms with Crippen LogP contribution in [0.2, 0.25) is 0 Å². The maximum atomic E-state index is 13.0. The molecule has 1 N–H and O–H groups in total. The van der Waals surface area contributed by atoms with Gasteiger partial charge in [-0.3, -0.25) is 9.69 Å². The lowest BCUT2D eigenvalue weighted by atomic mass is 9.93. The van der Waals surface area contributed by atoms with Gasteiger partial charge in [-0.15, -0.1) is 0 Å². The van der Waals surface area contributed by atoms with Crippen LogP contribution in [0.15, 0.2) is 30.6 Å². The molecule has 13 nitrogen and oxygen atoms in total. The van der Waals surface area contributed by atoms with Crippen molar-refractivity contribution in [2.75, 3.05) is 43.9 Å². The summed E-state index contributed by atoms with van der Waals surface area (Å²) in [5.41, 5.74) is 0.521. The molecule has 0 bridgehead atoms. The van der Waals surface area contributed by atoms with Crippen LogP contribution in [0.5, 0.6) is 0 Å². The lowest BCUT2D eigenvalue weighted by molar-refractivity contribution is -0.0275. The van der Waals surface area contributed by atoms with Crippen LogP contribution in [0, 0.1) is 0 Å². The summed E-state index contributed by atoms with van der Waals surface area (Å²) in [6, 6.07) is 5.63. The molecule has 0 aromatic carbocycles. The summed E-state index contributed by atoms with van der Waals surface area (Å²) in [5, 5.41) is 3.97. The van der Waals surface area contributed by atoms with Crippen LogP contribution in [0.1, 0.15) is 75.8 Å². The van der Waals surface area contributed by atoms with E-state index in [0.29, 0.717) is 54.7 Å². The largest absolute Gasteiger partial charge is 0.444 e. The van der Waals surface area contributed by atoms with Gasteiger partial charge in [0.15, 0.2) is 0 Å². The van der Waals surface area contributed by atoms with E-state index in [1.54, 1.807) is 53.3 Å². The Morgan fingerprint density at radius 2 is 1.86 bits per heavy atom. The minimum atomic E-state index is -0.798. The van der Waals surface area contributed by atoms with E-state index in [0.717, 1.165) is 31.1 Å². The van der Waals surface area contributed by atoms with Gasteiger partial charge < -0.3 is 29.2 Å². The van der Waals surface area contributed by atoms with Gasteiger partial charge in [-0.25, -0.2) is 19.6 Å².